The van der Waals surface area contributed by atoms with Gasteiger partial charge in [0, 0.05) is 41.7 Å². The molecule has 0 bridgehead atoms. The van der Waals surface area contributed by atoms with Crippen LogP contribution < -0.4 is 10.6 Å². The van der Waals surface area contributed by atoms with Crippen LogP contribution in [0.1, 0.15) is 17.0 Å². The van der Waals surface area contributed by atoms with Crippen LogP contribution >= 0.6 is 0 Å². The molecule has 2 N–H and O–H groups in total. The third-order valence-corrected chi connectivity index (χ3v) is 3.60. The predicted octanol–water partition coefficient (Wildman–Crippen LogP) is 3.47. The van der Waals surface area contributed by atoms with Crippen molar-refractivity contribution < 1.29 is 0 Å². The fourth-order valence-corrected chi connectivity index (χ4v) is 2.59. The number of nitrogens with zero attached hydrogens (tertiary/aromatic N) is 3. The summed E-state index contributed by atoms with van der Waals surface area (Å²) in [5.74, 6) is 0.680. The van der Waals surface area contributed by atoms with Gasteiger partial charge < -0.3 is 10.6 Å². The number of nitrogens with one attached hydrogen (secondary N) is 2. The average Bonchev–Trinajstić information content (AvgIpc) is 2.50. The summed E-state index contributed by atoms with van der Waals surface area (Å²) in [6, 6.07) is 10.3. The van der Waals surface area contributed by atoms with E-state index in [0.717, 1.165) is 41.1 Å². The lowest BCUT2D eigenvalue weighted by atomic mass is 10.1. The van der Waals surface area contributed by atoms with Gasteiger partial charge in [-0.15, -0.1) is 0 Å². The van der Waals surface area contributed by atoms with Gasteiger partial charge in [0.1, 0.15) is 0 Å². The molecule has 0 atom stereocenters. The molecule has 0 aliphatic carbocycles. The highest BCUT2D eigenvalue weighted by Crippen LogP contribution is 2.22. The van der Waals surface area contributed by atoms with Crippen molar-refractivity contribution in [2.24, 2.45) is 0 Å². The molecule has 0 saturated carbocycles. The summed E-state index contributed by atoms with van der Waals surface area (Å²) in [5, 5.41) is 7.84. The van der Waals surface area contributed by atoms with Gasteiger partial charge in [0.05, 0.1) is 5.52 Å². The summed E-state index contributed by atoms with van der Waals surface area (Å²) in [5.41, 5.74) is 5.28. The van der Waals surface area contributed by atoms with Crippen LogP contribution in [0, 0.1) is 20.8 Å². The predicted molar refractivity (Wildman–Crippen MR) is 95.0 cm³/mol. The monoisotopic (exact) mass is 307 g/mol. The van der Waals surface area contributed by atoms with Crippen LogP contribution in [0.25, 0.3) is 10.9 Å². The molecule has 0 aliphatic rings. The molecule has 2 heterocycles. The van der Waals surface area contributed by atoms with E-state index in [4.69, 9.17) is 0 Å². The van der Waals surface area contributed by atoms with Gasteiger partial charge in [-0.2, -0.15) is 0 Å². The van der Waals surface area contributed by atoms with Crippen LogP contribution in [0.4, 0.5) is 11.6 Å². The number of aromatic nitrogens is 3. The van der Waals surface area contributed by atoms with Gasteiger partial charge in [0.2, 0.25) is 5.95 Å². The third kappa shape index (κ3) is 3.74. The van der Waals surface area contributed by atoms with E-state index in [2.05, 4.69) is 50.7 Å². The number of hydrogen-bond donors (Lipinski definition) is 2. The van der Waals surface area contributed by atoms with Crippen LogP contribution in [0.3, 0.4) is 0 Å². The quantitative estimate of drug-likeness (QED) is 0.707. The van der Waals surface area contributed by atoms with E-state index in [1.54, 1.807) is 0 Å². The van der Waals surface area contributed by atoms with Crippen molar-refractivity contribution >= 4 is 22.5 Å². The number of fused-ring (bicyclic) bond motifs is 1. The zero-order valence-corrected chi connectivity index (χ0v) is 13.7. The Morgan fingerprint density at radius 3 is 2.39 bits per heavy atom. The van der Waals surface area contributed by atoms with Crippen molar-refractivity contribution in [1.29, 1.82) is 0 Å². The lowest BCUT2D eigenvalue weighted by molar-refractivity contribution is 0.992. The number of pyridine rings is 1. The third-order valence-electron chi connectivity index (χ3n) is 3.60. The molecule has 5 nitrogen and oxygen atoms in total. The molecule has 0 radical (unpaired) electrons. The Bertz CT molecular complexity index is 809. The van der Waals surface area contributed by atoms with Gasteiger partial charge in [-0.3, -0.25) is 4.98 Å². The molecule has 23 heavy (non-hydrogen) atoms. The average molecular weight is 307 g/mol. The summed E-state index contributed by atoms with van der Waals surface area (Å²) in [6.07, 6.45) is 1.84. The van der Waals surface area contributed by atoms with Crippen LogP contribution in [-0.2, 0) is 0 Å². The first kappa shape index (κ1) is 15.2. The molecule has 118 valence electrons. The Morgan fingerprint density at radius 2 is 1.61 bits per heavy atom. The van der Waals surface area contributed by atoms with E-state index < -0.39 is 0 Å². The molecule has 0 saturated heterocycles. The van der Waals surface area contributed by atoms with Crippen molar-refractivity contribution in [3.8, 4) is 0 Å². The molecule has 0 spiro atoms. The topological polar surface area (TPSA) is 62.7 Å². The zero-order valence-electron chi connectivity index (χ0n) is 13.7. The minimum Gasteiger partial charge on any atom is -0.383 e. The maximum atomic E-state index is 4.42. The minimum atomic E-state index is 0.680. The van der Waals surface area contributed by atoms with Crippen LogP contribution in [-0.4, -0.2) is 28.0 Å². The largest absolute Gasteiger partial charge is 0.383 e. The summed E-state index contributed by atoms with van der Waals surface area (Å²) in [7, 11) is 0. The Morgan fingerprint density at radius 1 is 0.870 bits per heavy atom. The SMILES string of the molecule is Cc1ccc2c(NCCNc3nc(C)cc(C)n3)ccnc2c1. The number of benzene rings is 1. The first-order valence-corrected chi connectivity index (χ1v) is 7.77. The molecule has 0 fully saturated rings. The van der Waals surface area contributed by atoms with E-state index in [-0.39, 0.29) is 0 Å². The highest BCUT2D eigenvalue weighted by atomic mass is 15.1. The van der Waals surface area contributed by atoms with Crippen molar-refractivity contribution in [1.82, 2.24) is 15.0 Å². The van der Waals surface area contributed by atoms with Gasteiger partial charge >= 0.3 is 0 Å². The normalized spacial score (nSPS) is 10.7. The molecule has 2 aromatic heterocycles. The molecular weight excluding hydrogens is 286 g/mol. The summed E-state index contributed by atoms with van der Waals surface area (Å²) in [6.45, 7) is 7.56. The summed E-state index contributed by atoms with van der Waals surface area (Å²) < 4.78 is 0. The highest BCUT2D eigenvalue weighted by Gasteiger charge is 2.02. The Kier molecular flexibility index (Phi) is 4.37. The van der Waals surface area contributed by atoms with Gasteiger partial charge in [-0.05, 0) is 44.5 Å². The maximum absolute atomic E-state index is 4.42. The molecular formula is C18H21N5. The van der Waals surface area contributed by atoms with E-state index in [9.17, 15) is 0 Å². The molecule has 0 unspecified atom stereocenters. The fourth-order valence-electron chi connectivity index (χ4n) is 2.59. The molecule has 5 heteroatoms. The second-order valence-electron chi connectivity index (χ2n) is 5.71. The van der Waals surface area contributed by atoms with Crippen LogP contribution in [0.2, 0.25) is 0 Å². The van der Waals surface area contributed by atoms with Gasteiger partial charge in [0.15, 0.2) is 0 Å². The first-order valence-electron chi connectivity index (χ1n) is 7.77. The molecule has 3 rings (SSSR count). The number of aryl methyl sites for hydroxylation is 3. The van der Waals surface area contributed by atoms with Gasteiger partial charge in [-0.25, -0.2) is 9.97 Å². The lowest BCUT2D eigenvalue weighted by Gasteiger charge is -2.11. The zero-order chi connectivity index (χ0) is 16.2. The second-order valence-corrected chi connectivity index (χ2v) is 5.71. The van der Waals surface area contributed by atoms with Gasteiger partial charge in [-0.1, -0.05) is 12.1 Å². The molecule has 0 amide bonds. The van der Waals surface area contributed by atoms with E-state index in [1.807, 2.05) is 32.2 Å². The standard InChI is InChI=1S/C18H21N5/c1-12-4-5-15-16(6-7-19-17(15)10-12)20-8-9-21-18-22-13(2)11-14(3)23-18/h4-7,10-11H,8-9H2,1-3H3,(H,19,20)(H,21,22,23). The van der Waals surface area contributed by atoms with Crippen LogP contribution in [0.15, 0.2) is 36.5 Å². The van der Waals surface area contributed by atoms with Crippen molar-refractivity contribution in [3.63, 3.8) is 0 Å². The minimum absolute atomic E-state index is 0.680. The molecule has 0 aliphatic heterocycles. The number of rotatable bonds is 5. The Labute approximate surface area is 136 Å². The van der Waals surface area contributed by atoms with Crippen molar-refractivity contribution in [3.05, 3.63) is 53.5 Å². The molecule has 3 aromatic rings. The van der Waals surface area contributed by atoms with E-state index >= 15 is 0 Å². The van der Waals surface area contributed by atoms with Crippen molar-refractivity contribution in [2.45, 2.75) is 20.8 Å². The number of hydrogen-bond acceptors (Lipinski definition) is 5. The van der Waals surface area contributed by atoms with E-state index in [0.29, 0.717) is 5.95 Å². The smallest absolute Gasteiger partial charge is 0.223 e. The molecule has 1 aromatic carbocycles. The fraction of sp³-hybridized carbons (Fsp3) is 0.278. The summed E-state index contributed by atoms with van der Waals surface area (Å²) in [4.78, 5) is 13.2. The highest BCUT2D eigenvalue weighted by molar-refractivity contribution is 5.91. The van der Waals surface area contributed by atoms with E-state index in [1.165, 1.54) is 5.56 Å². The second kappa shape index (κ2) is 6.60. The Hall–Kier alpha value is -2.69. The van der Waals surface area contributed by atoms with Crippen molar-refractivity contribution in [2.75, 3.05) is 23.7 Å². The van der Waals surface area contributed by atoms with Crippen LogP contribution in [0.5, 0.6) is 0 Å². The summed E-state index contributed by atoms with van der Waals surface area (Å²) >= 11 is 0. The lowest BCUT2D eigenvalue weighted by Crippen LogP contribution is -2.15. The first-order chi connectivity index (χ1) is 11.1. The maximum Gasteiger partial charge on any atom is 0.223 e. The van der Waals surface area contributed by atoms with Gasteiger partial charge in [0.25, 0.3) is 0 Å². The number of anilines is 2. The Balaban J connectivity index is 1.63.